The molecule has 1 fully saturated rings. The number of carbonyl (C=O) groups excluding carboxylic acids is 2. The molecule has 3 rings (SSSR count). The molecule has 0 bridgehead atoms. The number of hydrogen-bond acceptors (Lipinski definition) is 3. The van der Waals surface area contributed by atoms with Gasteiger partial charge in [0.15, 0.2) is 0 Å². The van der Waals surface area contributed by atoms with E-state index in [2.05, 4.69) is 5.32 Å². The molecule has 2 aromatic carbocycles. The molecule has 0 radical (unpaired) electrons. The molecule has 0 aromatic heterocycles. The summed E-state index contributed by atoms with van der Waals surface area (Å²) in [6.45, 7) is 0.522. The molecule has 24 heavy (non-hydrogen) atoms. The minimum Gasteiger partial charge on any atom is -0.392 e. The Hall–Kier alpha value is -2.37. The van der Waals surface area contributed by atoms with E-state index >= 15 is 0 Å². The Morgan fingerprint density at radius 1 is 1.25 bits per heavy atom. The van der Waals surface area contributed by atoms with E-state index in [4.69, 9.17) is 16.7 Å². The van der Waals surface area contributed by atoms with E-state index in [-0.39, 0.29) is 18.4 Å². The highest BCUT2D eigenvalue weighted by molar-refractivity contribution is 6.34. The number of halogens is 1. The van der Waals surface area contributed by atoms with E-state index < -0.39 is 0 Å². The van der Waals surface area contributed by atoms with Crippen molar-refractivity contribution in [2.24, 2.45) is 0 Å². The third-order valence-electron chi connectivity index (χ3n) is 3.94. The second kappa shape index (κ2) is 7.03. The van der Waals surface area contributed by atoms with Crippen molar-refractivity contribution in [3.05, 3.63) is 58.6 Å². The second-order valence-electron chi connectivity index (χ2n) is 5.63. The molecular weight excluding hydrogens is 328 g/mol. The minimum atomic E-state index is -0.297. The lowest BCUT2D eigenvalue weighted by atomic mass is 10.1. The Bertz CT molecular complexity index is 792. The lowest BCUT2D eigenvalue weighted by Crippen LogP contribution is -2.24. The second-order valence-corrected chi connectivity index (χ2v) is 6.03. The van der Waals surface area contributed by atoms with E-state index in [9.17, 15) is 9.59 Å². The third-order valence-corrected chi connectivity index (χ3v) is 4.26. The molecule has 6 heteroatoms. The maximum atomic E-state index is 12.5. The van der Waals surface area contributed by atoms with Crippen molar-refractivity contribution in [1.82, 2.24) is 0 Å². The van der Waals surface area contributed by atoms with E-state index in [1.165, 1.54) is 0 Å². The van der Waals surface area contributed by atoms with Crippen molar-refractivity contribution in [3.63, 3.8) is 0 Å². The Morgan fingerprint density at radius 2 is 2.08 bits per heavy atom. The number of aliphatic hydroxyl groups is 1. The molecule has 0 spiro atoms. The van der Waals surface area contributed by atoms with Crippen molar-refractivity contribution >= 4 is 34.8 Å². The number of benzene rings is 2. The fourth-order valence-corrected chi connectivity index (χ4v) is 2.93. The molecular formula is C18H17ClN2O3. The summed E-state index contributed by atoms with van der Waals surface area (Å²) in [7, 11) is 0. The van der Waals surface area contributed by atoms with Crippen LogP contribution in [0.3, 0.4) is 0 Å². The van der Waals surface area contributed by atoms with Gasteiger partial charge >= 0.3 is 0 Å². The van der Waals surface area contributed by atoms with Gasteiger partial charge in [0.2, 0.25) is 5.91 Å². The molecule has 0 unspecified atom stereocenters. The zero-order valence-electron chi connectivity index (χ0n) is 13.0. The third kappa shape index (κ3) is 3.42. The summed E-state index contributed by atoms with van der Waals surface area (Å²) >= 11 is 6.19. The molecule has 0 saturated carbocycles. The van der Waals surface area contributed by atoms with Crippen LogP contribution in [0.25, 0.3) is 0 Å². The maximum Gasteiger partial charge on any atom is 0.255 e. The first-order chi connectivity index (χ1) is 11.6. The summed E-state index contributed by atoms with van der Waals surface area (Å²) in [5.41, 5.74) is 2.30. The molecule has 5 nitrogen and oxygen atoms in total. The van der Waals surface area contributed by atoms with Crippen LogP contribution in [0.1, 0.15) is 28.8 Å². The zero-order chi connectivity index (χ0) is 17.1. The van der Waals surface area contributed by atoms with Crippen molar-refractivity contribution in [3.8, 4) is 0 Å². The monoisotopic (exact) mass is 344 g/mol. The highest BCUT2D eigenvalue weighted by atomic mass is 35.5. The van der Waals surface area contributed by atoms with Crippen molar-refractivity contribution in [1.29, 1.82) is 0 Å². The Kier molecular flexibility index (Phi) is 4.83. The van der Waals surface area contributed by atoms with Gasteiger partial charge in [0.05, 0.1) is 17.3 Å². The highest BCUT2D eigenvalue weighted by Crippen LogP contribution is 2.30. The molecule has 0 aliphatic carbocycles. The molecule has 0 atom stereocenters. The summed E-state index contributed by atoms with van der Waals surface area (Å²) in [6, 6.07) is 11.9. The van der Waals surface area contributed by atoms with Crippen LogP contribution in [0.2, 0.25) is 5.02 Å². The Labute approximate surface area is 144 Å². The summed E-state index contributed by atoms with van der Waals surface area (Å²) in [5.74, 6) is -0.278. The van der Waals surface area contributed by atoms with E-state index in [1.807, 2.05) is 0 Å². The molecule has 2 amide bonds. The first-order valence-electron chi connectivity index (χ1n) is 7.69. The smallest absolute Gasteiger partial charge is 0.255 e. The van der Waals surface area contributed by atoms with Crippen LogP contribution < -0.4 is 10.2 Å². The zero-order valence-corrected chi connectivity index (χ0v) is 13.7. The van der Waals surface area contributed by atoms with Gasteiger partial charge in [-0.05, 0) is 42.3 Å². The average Bonchev–Trinajstić information content (AvgIpc) is 3.01. The van der Waals surface area contributed by atoms with Gasteiger partial charge in [-0.3, -0.25) is 9.59 Å². The van der Waals surface area contributed by atoms with Crippen LogP contribution in [0.4, 0.5) is 11.4 Å². The number of aliphatic hydroxyl groups excluding tert-OH is 1. The van der Waals surface area contributed by atoms with Crippen LogP contribution in [-0.4, -0.2) is 23.5 Å². The molecule has 2 aromatic rings. The number of nitrogens with one attached hydrogen (secondary N) is 1. The van der Waals surface area contributed by atoms with Crippen molar-refractivity contribution in [2.75, 3.05) is 16.8 Å². The minimum absolute atomic E-state index is 0.0186. The lowest BCUT2D eigenvalue weighted by Gasteiger charge is -2.18. The first-order valence-corrected chi connectivity index (χ1v) is 8.07. The fourth-order valence-electron chi connectivity index (χ4n) is 2.71. The molecule has 124 valence electrons. The number of rotatable bonds is 4. The van der Waals surface area contributed by atoms with Gasteiger partial charge in [-0.2, -0.15) is 0 Å². The van der Waals surface area contributed by atoms with Crippen LogP contribution >= 0.6 is 11.6 Å². The number of amides is 2. The average molecular weight is 345 g/mol. The maximum absolute atomic E-state index is 12.5. The van der Waals surface area contributed by atoms with Crippen LogP contribution in [0.5, 0.6) is 0 Å². The number of anilines is 2. The molecule has 1 aliphatic heterocycles. The highest BCUT2D eigenvalue weighted by Gasteiger charge is 2.24. The normalized spacial score (nSPS) is 14.1. The summed E-state index contributed by atoms with van der Waals surface area (Å²) in [5, 5.41) is 12.4. The standard InChI is InChI=1S/C18H17ClN2O3/c19-15-7-6-13(10-16(15)21-8-2-5-17(21)23)18(24)20-14-4-1-3-12(9-14)11-22/h1,3-4,6-7,9-10,22H,2,5,8,11H2,(H,20,24). The lowest BCUT2D eigenvalue weighted by molar-refractivity contribution is -0.117. The molecule has 1 aliphatic rings. The number of nitrogens with zero attached hydrogens (tertiary/aromatic N) is 1. The first kappa shape index (κ1) is 16.5. The van der Waals surface area contributed by atoms with Gasteiger partial charge in [-0.25, -0.2) is 0 Å². The van der Waals surface area contributed by atoms with E-state index in [1.54, 1.807) is 47.4 Å². The van der Waals surface area contributed by atoms with Gasteiger partial charge in [0.25, 0.3) is 5.91 Å². The largest absolute Gasteiger partial charge is 0.392 e. The van der Waals surface area contributed by atoms with E-state index in [0.29, 0.717) is 40.5 Å². The summed E-state index contributed by atoms with van der Waals surface area (Å²) in [4.78, 5) is 26.0. The van der Waals surface area contributed by atoms with Crippen molar-refractivity contribution < 1.29 is 14.7 Å². The van der Waals surface area contributed by atoms with Gasteiger partial charge in [0, 0.05) is 24.2 Å². The SMILES string of the molecule is O=C(Nc1cccc(CO)c1)c1ccc(Cl)c(N2CCCC2=O)c1. The van der Waals surface area contributed by atoms with Gasteiger partial charge < -0.3 is 15.3 Å². The van der Waals surface area contributed by atoms with Crippen LogP contribution in [-0.2, 0) is 11.4 Å². The van der Waals surface area contributed by atoms with Gasteiger partial charge in [-0.1, -0.05) is 23.7 Å². The molecule has 1 saturated heterocycles. The quantitative estimate of drug-likeness (QED) is 0.894. The van der Waals surface area contributed by atoms with Crippen LogP contribution in [0.15, 0.2) is 42.5 Å². The fraction of sp³-hybridized carbons (Fsp3) is 0.222. The topological polar surface area (TPSA) is 69.6 Å². The number of carbonyl (C=O) groups is 2. The van der Waals surface area contributed by atoms with Crippen molar-refractivity contribution in [2.45, 2.75) is 19.4 Å². The molecule has 2 N–H and O–H groups in total. The van der Waals surface area contributed by atoms with E-state index in [0.717, 1.165) is 6.42 Å². The predicted octanol–water partition coefficient (Wildman–Crippen LogP) is 3.21. The van der Waals surface area contributed by atoms with Gasteiger partial charge in [0.1, 0.15) is 0 Å². The van der Waals surface area contributed by atoms with Gasteiger partial charge in [-0.15, -0.1) is 0 Å². The number of hydrogen-bond donors (Lipinski definition) is 2. The molecule has 1 heterocycles. The summed E-state index contributed by atoms with van der Waals surface area (Å²) in [6.07, 6.45) is 1.29. The van der Waals surface area contributed by atoms with Crippen LogP contribution in [0, 0.1) is 0 Å². The Morgan fingerprint density at radius 3 is 2.79 bits per heavy atom. The predicted molar refractivity (Wildman–Crippen MR) is 93.4 cm³/mol. The summed E-state index contributed by atoms with van der Waals surface area (Å²) < 4.78 is 0. The Balaban J connectivity index is 1.83.